The summed E-state index contributed by atoms with van der Waals surface area (Å²) in [6.07, 6.45) is 1.64. The van der Waals surface area contributed by atoms with Crippen LogP contribution in [0.25, 0.3) is 0 Å². The normalized spacial score (nSPS) is 18.8. The Bertz CT molecular complexity index is 1440. The number of aliphatic hydroxyl groups excluding tert-OH is 1. The minimum atomic E-state index is -1.80. The highest BCUT2D eigenvalue weighted by Crippen LogP contribution is 2.40. The molecule has 17 nitrogen and oxygen atoms in total. The maximum Gasteiger partial charge on any atom is 0.352 e. The number of aromatic nitrogens is 4. The second kappa shape index (κ2) is 12.3. The quantitative estimate of drug-likeness (QED) is 0.0588. The number of hydrogen-bond acceptors (Lipinski definition) is 13. The van der Waals surface area contributed by atoms with E-state index in [0.717, 1.165) is 16.4 Å². The average Bonchev–Trinajstić information content (AvgIpc) is 3.47. The molecule has 1 fully saturated rings. The number of nitrogens with zero attached hydrogens (tertiary/aromatic N) is 6. The van der Waals surface area contributed by atoms with Crippen molar-refractivity contribution in [1.29, 1.82) is 0 Å². The van der Waals surface area contributed by atoms with E-state index < -0.39 is 46.5 Å². The SMILES string of the molecule is CC(C)(O/N=C(\C(=O)N[C@@H]1C(=O)N2C(C(=O)O)=C(C[n+]3ccc(N)n3CCO)CS[C@H]12)c1nsc(N)n1)C(=O)O.[Cl-]. The van der Waals surface area contributed by atoms with E-state index >= 15 is 0 Å². The van der Waals surface area contributed by atoms with Crippen molar-refractivity contribution in [2.45, 2.75) is 44.0 Å². The number of nitrogens with two attached hydrogens (primary N) is 2. The molecule has 2 aliphatic rings. The molecular formula is C21H26ClN9O8S2. The van der Waals surface area contributed by atoms with Crippen molar-refractivity contribution >= 4 is 63.7 Å². The van der Waals surface area contributed by atoms with E-state index in [9.17, 15) is 34.5 Å². The fourth-order valence-corrected chi connectivity index (χ4v) is 5.66. The standard InChI is InChI=1S/C21H25N9O8S2.ClH/c1-21(2,19(36)37)38-26-11(14-25-20(23)40-27-14)15(32)24-12-16(33)30-13(18(34)35)9(8-39-17(12)30)7-28-4-3-10(22)29(28)5-6-31;/h3-4,12,17,22,31H,5-8H2,1-2H3,(H5,23,24,25,27,32,34,35,36,37);1H/b26-11-;/t12-,17-;/m1./s1. The van der Waals surface area contributed by atoms with Crippen LogP contribution in [0.4, 0.5) is 10.9 Å². The summed E-state index contributed by atoms with van der Waals surface area (Å²) in [5.74, 6) is -3.93. The molecule has 0 saturated carbocycles. The molecule has 0 radical (unpaired) electrons. The van der Waals surface area contributed by atoms with Gasteiger partial charge in [-0.2, -0.15) is 9.36 Å². The fourth-order valence-electron chi connectivity index (χ4n) is 3.89. The van der Waals surface area contributed by atoms with E-state index in [2.05, 4.69) is 19.8 Å². The van der Waals surface area contributed by atoms with Gasteiger partial charge in [-0.05, 0) is 13.8 Å². The number of rotatable bonds is 11. The third kappa shape index (κ3) is 6.21. The van der Waals surface area contributed by atoms with Crippen LogP contribution < -0.4 is 33.9 Å². The molecule has 4 rings (SSSR count). The van der Waals surface area contributed by atoms with E-state index in [0.29, 0.717) is 11.4 Å². The van der Waals surface area contributed by atoms with Crippen molar-refractivity contribution in [3.05, 3.63) is 29.4 Å². The van der Waals surface area contributed by atoms with Gasteiger partial charge < -0.3 is 49.3 Å². The van der Waals surface area contributed by atoms with Crippen LogP contribution in [0.2, 0.25) is 0 Å². The minimum absolute atomic E-state index is 0. The van der Waals surface area contributed by atoms with Crippen molar-refractivity contribution < 1.29 is 56.4 Å². The Morgan fingerprint density at radius 1 is 1.32 bits per heavy atom. The number of nitrogens with one attached hydrogen (secondary N) is 1. The molecule has 0 unspecified atom stereocenters. The predicted octanol–water partition coefficient (Wildman–Crippen LogP) is -5.19. The van der Waals surface area contributed by atoms with Gasteiger partial charge in [0.2, 0.25) is 17.1 Å². The minimum Gasteiger partial charge on any atom is -1.00 e. The zero-order chi connectivity index (χ0) is 29.4. The van der Waals surface area contributed by atoms with Crippen molar-refractivity contribution in [2.24, 2.45) is 5.16 Å². The van der Waals surface area contributed by atoms with E-state index in [1.165, 1.54) is 25.6 Å². The molecule has 2 atom stereocenters. The Labute approximate surface area is 246 Å². The Kier molecular flexibility index (Phi) is 9.47. The van der Waals surface area contributed by atoms with Crippen LogP contribution in [-0.4, -0.2) is 93.1 Å². The van der Waals surface area contributed by atoms with Gasteiger partial charge in [0.1, 0.15) is 23.7 Å². The number of carbonyl (C=O) groups excluding carboxylic acids is 2. The highest BCUT2D eigenvalue weighted by molar-refractivity contribution is 8.00. The Hall–Kier alpha value is -3.94. The lowest BCUT2D eigenvalue weighted by molar-refractivity contribution is -0.767. The maximum atomic E-state index is 13.2. The first-order chi connectivity index (χ1) is 18.9. The molecule has 0 spiro atoms. The summed E-state index contributed by atoms with van der Waals surface area (Å²) in [4.78, 5) is 59.9. The molecule has 0 bridgehead atoms. The predicted molar refractivity (Wildman–Crippen MR) is 139 cm³/mol. The summed E-state index contributed by atoms with van der Waals surface area (Å²) in [6.45, 7) is 2.54. The third-order valence-corrected chi connectivity index (χ3v) is 7.86. The number of carboxylic acids is 2. The zero-order valence-corrected chi connectivity index (χ0v) is 23.9. The van der Waals surface area contributed by atoms with Crippen LogP contribution in [0.5, 0.6) is 0 Å². The van der Waals surface area contributed by atoms with Crippen LogP contribution in [0, 0.1) is 0 Å². The number of fused-ring (bicyclic) bond motifs is 1. The van der Waals surface area contributed by atoms with Crippen molar-refractivity contribution in [2.75, 3.05) is 23.8 Å². The first-order valence-corrected chi connectivity index (χ1v) is 13.4. The Balaban J connectivity index is 0.00000462. The van der Waals surface area contributed by atoms with Gasteiger partial charge >= 0.3 is 11.9 Å². The second-order valence-corrected chi connectivity index (χ2v) is 11.0. The lowest BCUT2D eigenvalue weighted by atomic mass is 10.0. The number of thioether (sulfide) groups is 1. The number of aliphatic carboxylic acids is 2. The van der Waals surface area contributed by atoms with Gasteiger partial charge in [-0.25, -0.2) is 9.59 Å². The molecule has 20 heteroatoms. The number of carbonyl (C=O) groups is 4. The molecule has 8 N–H and O–H groups in total. The van der Waals surface area contributed by atoms with Gasteiger partial charge in [0.05, 0.1) is 12.7 Å². The lowest BCUT2D eigenvalue weighted by Crippen LogP contribution is -3.00. The van der Waals surface area contributed by atoms with Crippen molar-refractivity contribution in [3.8, 4) is 0 Å². The summed E-state index contributed by atoms with van der Waals surface area (Å²) in [7, 11) is 0. The topological polar surface area (TPSA) is 252 Å². The van der Waals surface area contributed by atoms with E-state index in [-0.39, 0.29) is 54.5 Å². The molecule has 1 saturated heterocycles. The second-order valence-electron chi connectivity index (χ2n) is 9.11. The molecule has 2 amide bonds. The molecule has 2 aliphatic heterocycles. The van der Waals surface area contributed by atoms with Gasteiger partial charge in [-0.15, -0.1) is 21.1 Å². The first kappa shape index (κ1) is 31.6. The fraction of sp³-hybridized carbons (Fsp3) is 0.429. The van der Waals surface area contributed by atoms with Crippen LogP contribution in [-0.2, 0) is 37.1 Å². The van der Waals surface area contributed by atoms with Gasteiger partial charge in [0.25, 0.3) is 11.8 Å². The van der Waals surface area contributed by atoms with Crippen LogP contribution >= 0.6 is 23.3 Å². The Morgan fingerprint density at radius 2 is 2.02 bits per heavy atom. The molecule has 4 heterocycles. The molecule has 222 valence electrons. The molecule has 0 aromatic carbocycles. The number of carboxylic acid groups (broad SMARTS) is 2. The van der Waals surface area contributed by atoms with Gasteiger partial charge in [0, 0.05) is 22.9 Å². The number of halogens is 1. The molecule has 0 aliphatic carbocycles. The van der Waals surface area contributed by atoms with Crippen LogP contribution in [0.1, 0.15) is 19.7 Å². The van der Waals surface area contributed by atoms with Crippen LogP contribution in [0.3, 0.4) is 0 Å². The number of β-lactam (4-membered cyclic amide) rings is 1. The van der Waals surface area contributed by atoms with Crippen molar-refractivity contribution in [3.63, 3.8) is 0 Å². The summed E-state index contributed by atoms with van der Waals surface area (Å²) in [5.41, 5.74) is 9.45. The summed E-state index contributed by atoms with van der Waals surface area (Å²) in [6, 6.07) is 0.490. The number of anilines is 2. The van der Waals surface area contributed by atoms with E-state index in [1.54, 1.807) is 21.6 Å². The van der Waals surface area contributed by atoms with Crippen molar-refractivity contribution in [1.82, 2.24) is 24.3 Å². The number of oxime groups is 1. The van der Waals surface area contributed by atoms with Crippen LogP contribution in [0.15, 0.2) is 28.7 Å². The van der Waals surface area contributed by atoms with E-state index in [4.69, 9.17) is 16.3 Å². The summed E-state index contributed by atoms with van der Waals surface area (Å²) < 4.78 is 7.14. The highest BCUT2D eigenvalue weighted by atomic mass is 35.5. The first-order valence-electron chi connectivity index (χ1n) is 11.6. The molecular weight excluding hydrogens is 606 g/mol. The lowest BCUT2D eigenvalue weighted by Gasteiger charge is -2.49. The number of hydrogen-bond donors (Lipinski definition) is 6. The molecule has 41 heavy (non-hydrogen) atoms. The summed E-state index contributed by atoms with van der Waals surface area (Å²) >= 11 is 2.01. The maximum absolute atomic E-state index is 13.2. The number of nitrogen functional groups attached to an aromatic ring is 2. The zero-order valence-electron chi connectivity index (χ0n) is 21.6. The number of amides is 2. The van der Waals surface area contributed by atoms with Gasteiger partial charge in [0.15, 0.2) is 23.7 Å². The molecule has 2 aromatic heterocycles. The highest BCUT2D eigenvalue weighted by Gasteiger charge is 2.55. The Morgan fingerprint density at radius 3 is 2.61 bits per heavy atom. The largest absolute Gasteiger partial charge is 1.00 e. The van der Waals surface area contributed by atoms with Gasteiger partial charge in [-0.1, -0.05) is 5.16 Å². The molecule has 2 aromatic rings. The monoisotopic (exact) mass is 631 g/mol. The third-order valence-electron chi connectivity index (χ3n) is 5.98. The van der Waals surface area contributed by atoms with E-state index in [1.807, 2.05) is 0 Å². The smallest absolute Gasteiger partial charge is 0.352 e. The van der Waals surface area contributed by atoms with Gasteiger partial charge in [-0.3, -0.25) is 14.5 Å². The summed E-state index contributed by atoms with van der Waals surface area (Å²) in [5, 5.41) is 34.0. The average molecular weight is 632 g/mol. The number of aliphatic hydroxyl groups is 1.